The SMILES string of the molecule is CCC(CC)(CN)C(=O)NCCC(=O)Nc1ccc(Br)cc1. The molecule has 0 aliphatic carbocycles. The Morgan fingerprint density at radius 1 is 1.18 bits per heavy atom. The van der Waals surface area contributed by atoms with Crippen LogP contribution >= 0.6 is 15.9 Å². The maximum absolute atomic E-state index is 12.2. The van der Waals surface area contributed by atoms with Gasteiger partial charge in [-0.3, -0.25) is 9.59 Å². The Kier molecular flexibility index (Phi) is 7.55. The molecule has 0 aromatic heterocycles. The highest BCUT2D eigenvalue weighted by atomic mass is 79.9. The van der Waals surface area contributed by atoms with E-state index in [2.05, 4.69) is 26.6 Å². The lowest BCUT2D eigenvalue weighted by Crippen LogP contribution is -2.45. The number of anilines is 1. The molecule has 1 aromatic carbocycles. The van der Waals surface area contributed by atoms with E-state index < -0.39 is 5.41 Å². The lowest BCUT2D eigenvalue weighted by Gasteiger charge is -2.28. The summed E-state index contributed by atoms with van der Waals surface area (Å²) in [6, 6.07) is 7.34. The van der Waals surface area contributed by atoms with Crippen LogP contribution in [0.15, 0.2) is 28.7 Å². The molecule has 0 saturated heterocycles. The first-order chi connectivity index (χ1) is 10.5. The molecule has 1 aromatic rings. The second-order valence-corrected chi connectivity index (χ2v) is 6.17. The van der Waals surface area contributed by atoms with E-state index in [4.69, 9.17) is 5.73 Å². The molecule has 0 spiro atoms. The van der Waals surface area contributed by atoms with E-state index in [1.54, 1.807) is 0 Å². The molecule has 1 rings (SSSR count). The summed E-state index contributed by atoms with van der Waals surface area (Å²) in [6.45, 7) is 4.53. The first-order valence-corrected chi connectivity index (χ1v) is 8.30. The number of rotatable bonds is 8. The topological polar surface area (TPSA) is 84.2 Å². The Morgan fingerprint density at radius 3 is 2.27 bits per heavy atom. The van der Waals surface area contributed by atoms with Crippen LogP contribution in [-0.4, -0.2) is 24.9 Å². The zero-order valence-corrected chi connectivity index (χ0v) is 14.7. The van der Waals surface area contributed by atoms with Gasteiger partial charge in [0.25, 0.3) is 0 Å². The van der Waals surface area contributed by atoms with Crippen molar-refractivity contribution in [3.63, 3.8) is 0 Å². The number of halogens is 1. The number of nitrogens with one attached hydrogen (secondary N) is 2. The Labute approximate surface area is 140 Å². The molecule has 0 fully saturated rings. The summed E-state index contributed by atoms with van der Waals surface area (Å²) >= 11 is 3.34. The zero-order chi connectivity index (χ0) is 16.6. The largest absolute Gasteiger partial charge is 0.355 e. The van der Waals surface area contributed by atoms with E-state index in [1.807, 2.05) is 38.1 Å². The van der Waals surface area contributed by atoms with Gasteiger partial charge in [-0.2, -0.15) is 0 Å². The average molecular weight is 370 g/mol. The van der Waals surface area contributed by atoms with Crippen LogP contribution in [0.4, 0.5) is 5.69 Å². The van der Waals surface area contributed by atoms with Crippen molar-refractivity contribution >= 4 is 33.4 Å². The maximum atomic E-state index is 12.2. The molecule has 22 heavy (non-hydrogen) atoms. The van der Waals surface area contributed by atoms with E-state index in [1.165, 1.54) is 0 Å². The molecule has 0 atom stereocenters. The minimum Gasteiger partial charge on any atom is -0.355 e. The normalized spacial score (nSPS) is 11.1. The fraction of sp³-hybridized carbons (Fsp3) is 0.500. The molecule has 6 heteroatoms. The standard InChI is InChI=1S/C16H24BrN3O2/c1-3-16(4-2,11-18)15(22)19-10-9-14(21)20-13-7-5-12(17)6-8-13/h5-8H,3-4,9-11,18H2,1-2H3,(H,19,22)(H,20,21). The smallest absolute Gasteiger partial charge is 0.227 e. The average Bonchev–Trinajstić information content (AvgIpc) is 2.52. The van der Waals surface area contributed by atoms with Crippen LogP contribution in [0.2, 0.25) is 0 Å². The number of hydrogen-bond acceptors (Lipinski definition) is 3. The Bertz CT molecular complexity index is 490. The highest BCUT2D eigenvalue weighted by molar-refractivity contribution is 9.10. The minimum absolute atomic E-state index is 0.0727. The van der Waals surface area contributed by atoms with Crippen molar-refractivity contribution < 1.29 is 9.59 Å². The summed E-state index contributed by atoms with van der Waals surface area (Å²) in [5.41, 5.74) is 5.94. The van der Waals surface area contributed by atoms with Gasteiger partial charge in [0.1, 0.15) is 0 Å². The summed E-state index contributed by atoms with van der Waals surface area (Å²) in [5, 5.41) is 5.60. The van der Waals surface area contributed by atoms with Gasteiger partial charge in [0.15, 0.2) is 0 Å². The second-order valence-electron chi connectivity index (χ2n) is 5.25. The van der Waals surface area contributed by atoms with Gasteiger partial charge < -0.3 is 16.4 Å². The lowest BCUT2D eigenvalue weighted by atomic mass is 9.81. The fourth-order valence-corrected chi connectivity index (χ4v) is 2.45. The molecule has 4 N–H and O–H groups in total. The minimum atomic E-state index is -0.526. The fourth-order valence-electron chi connectivity index (χ4n) is 2.19. The highest BCUT2D eigenvalue weighted by Crippen LogP contribution is 2.24. The van der Waals surface area contributed by atoms with Gasteiger partial charge in [0, 0.05) is 29.7 Å². The first kappa shape index (κ1) is 18.6. The van der Waals surface area contributed by atoms with Gasteiger partial charge in [-0.1, -0.05) is 29.8 Å². The van der Waals surface area contributed by atoms with Gasteiger partial charge in [0.2, 0.25) is 11.8 Å². The molecule has 2 amide bonds. The molecule has 0 heterocycles. The summed E-state index contributed by atoms with van der Waals surface area (Å²) in [6.07, 6.45) is 1.61. The Morgan fingerprint density at radius 2 is 1.77 bits per heavy atom. The summed E-state index contributed by atoms with van der Waals surface area (Å²) in [4.78, 5) is 24.0. The molecule has 0 aliphatic rings. The third-order valence-electron chi connectivity index (χ3n) is 3.99. The van der Waals surface area contributed by atoms with E-state index in [9.17, 15) is 9.59 Å². The molecule has 0 radical (unpaired) electrons. The van der Waals surface area contributed by atoms with Crippen LogP contribution < -0.4 is 16.4 Å². The summed E-state index contributed by atoms with van der Waals surface area (Å²) < 4.78 is 0.954. The van der Waals surface area contributed by atoms with Gasteiger partial charge in [-0.25, -0.2) is 0 Å². The first-order valence-electron chi connectivity index (χ1n) is 7.51. The van der Waals surface area contributed by atoms with E-state index in [-0.39, 0.29) is 18.2 Å². The van der Waals surface area contributed by atoms with Crippen molar-refractivity contribution in [1.29, 1.82) is 0 Å². The van der Waals surface area contributed by atoms with Gasteiger partial charge >= 0.3 is 0 Å². The van der Waals surface area contributed by atoms with Gasteiger partial charge in [-0.15, -0.1) is 0 Å². The number of carbonyl (C=O) groups is 2. The highest BCUT2D eigenvalue weighted by Gasteiger charge is 2.32. The monoisotopic (exact) mass is 369 g/mol. The molecule has 0 aliphatic heterocycles. The lowest BCUT2D eigenvalue weighted by molar-refractivity contribution is -0.131. The Hall–Kier alpha value is -1.40. The van der Waals surface area contributed by atoms with E-state index in [0.717, 1.165) is 10.2 Å². The molecular formula is C16H24BrN3O2. The quantitative estimate of drug-likeness (QED) is 0.658. The summed E-state index contributed by atoms with van der Waals surface area (Å²) in [7, 11) is 0. The predicted molar refractivity (Wildman–Crippen MR) is 92.5 cm³/mol. The molecule has 5 nitrogen and oxygen atoms in total. The van der Waals surface area contributed by atoms with E-state index >= 15 is 0 Å². The van der Waals surface area contributed by atoms with Gasteiger partial charge in [-0.05, 0) is 37.1 Å². The second kappa shape index (κ2) is 8.90. The number of carbonyl (C=O) groups excluding carboxylic acids is 2. The van der Waals surface area contributed by atoms with Crippen molar-refractivity contribution in [3.05, 3.63) is 28.7 Å². The van der Waals surface area contributed by atoms with Crippen LogP contribution in [-0.2, 0) is 9.59 Å². The van der Waals surface area contributed by atoms with Crippen molar-refractivity contribution in [3.8, 4) is 0 Å². The third-order valence-corrected chi connectivity index (χ3v) is 4.52. The number of nitrogens with two attached hydrogens (primary N) is 1. The molecule has 122 valence electrons. The molecule has 0 unspecified atom stereocenters. The third kappa shape index (κ3) is 5.10. The maximum Gasteiger partial charge on any atom is 0.227 e. The van der Waals surface area contributed by atoms with Crippen LogP contribution in [0, 0.1) is 5.41 Å². The molecule has 0 saturated carbocycles. The number of benzene rings is 1. The van der Waals surface area contributed by atoms with Crippen molar-refractivity contribution in [1.82, 2.24) is 5.32 Å². The van der Waals surface area contributed by atoms with Crippen molar-refractivity contribution in [2.75, 3.05) is 18.4 Å². The predicted octanol–water partition coefficient (Wildman–Crippen LogP) is 2.66. The number of hydrogen-bond donors (Lipinski definition) is 3. The molecule has 0 bridgehead atoms. The van der Waals surface area contributed by atoms with Gasteiger partial charge in [0.05, 0.1) is 5.41 Å². The zero-order valence-electron chi connectivity index (χ0n) is 13.1. The van der Waals surface area contributed by atoms with Crippen LogP contribution in [0.1, 0.15) is 33.1 Å². The van der Waals surface area contributed by atoms with E-state index in [0.29, 0.717) is 25.9 Å². The van der Waals surface area contributed by atoms with Crippen LogP contribution in [0.5, 0.6) is 0 Å². The number of amides is 2. The van der Waals surface area contributed by atoms with Crippen LogP contribution in [0.25, 0.3) is 0 Å². The Balaban J connectivity index is 2.41. The summed E-state index contributed by atoms with van der Waals surface area (Å²) in [5.74, 6) is -0.203. The van der Waals surface area contributed by atoms with Crippen molar-refractivity contribution in [2.45, 2.75) is 33.1 Å². The molecular weight excluding hydrogens is 346 g/mol. The van der Waals surface area contributed by atoms with Crippen molar-refractivity contribution in [2.24, 2.45) is 11.1 Å². The van der Waals surface area contributed by atoms with Crippen LogP contribution in [0.3, 0.4) is 0 Å².